The largest absolute Gasteiger partial charge is 0.347 e. The average Bonchev–Trinajstić information content (AvgIpc) is 2.98. The van der Waals surface area contributed by atoms with Crippen molar-refractivity contribution in [2.75, 3.05) is 7.05 Å². The Hall–Kier alpha value is -2.30. The minimum absolute atomic E-state index is 0.0205. The first-order chi connectivity index (χ1) is 10.5. The molecule has 0 aliphatic heterocycles. The van der Waals surface area contributed by atoms with Gasteiger partial charge in [0.05, 0.1) is 12.6 Å². The molecule has 0 spiro atoms. The molecular formula is C17H24N4O. The molecule has 0 aliphatic carbocycles. The Bertz CT molecular complexity index is 622. The Balaban J connectivity index is 2.04. The minimum Gasteiger partial charge on any atom is -0.347 e. The lowest BCUT2D eigenvalue weighted by molar-refractivity contribution is 0.201. The summed E-state index contributed by atoms with van der Waals surface area (Å²) in [6.07, 6.45) is 4.29. The third kappa shape index (κ3) is 3.87. The highest BCUT2D eigenvalue weighted by molar-refractivity contribution is 5.74. The van der Waals surface area contributed by atoms with E-state index in [-0.39, 0.29) is 12.1 Å². The van der Waals surface area contributed by atoms with Gasteiger partial charge in [0.1, 0.15) is 5.82 Å². The topological polar surface area (TPSA) is 61.0 Å². The minimum atomic E-state index is -0.0942. The average molecular weight is 300 g/mol. The van der Waals surface area contributed by atoms with E-state index in [1.54, 1.807) is 24.3 Å². The molecule has 5 nitrogen and oxygen atoms in total. The summed E-state index contributed by atoms with van der Waals surface area (Å²) >= 11 is 0. The molecule has 1 heterocycles. The molecule has 0 radical (unpaired) electrons. The molecule has 0 saturated carbocycles. The molecule has 0 bridgehead atoms. The number of nitrogens with zero attached hydrogens (tertiary/aromatic N) is 2. The van der Waals surface area contributed by atoms with Gasteiger partial charge in [-0.3, -0.25) is 0 Å². The number of hydrogen-bond acceptors (Lipinski definition) is 2. The van der Waals surface area contributed by atoms with Gasteiger partial charge in [0, 0.05) is 19.4 Å². The second-order valence-electron chi connectivity index (χ2n) is 5.66. The number of rotatable bonds is 5. The summed E-state index contributed by atoms with van der Waals surface area (Å²) in [4.78, 5) is 21.1. The fourth-order valence-corrected chi connectivity index (χ4v) is 2.56. The van der Waals surface area contributed by atoms with Gasteiger partial charge in [-0.25, -0.2) is 9.78 Å². The Labute approximate surface area is 131 Å². The number of urea groups is 1. The number of nitrogens with one attached hydrogen (secondary N) is 2. The number of hydrogen-bond donors (Lipinski definition) is 2. The maximum atomic E-state index is 12.4. The number of benzene rings is 1. The van der Waals surface area contributed by atoms with E-state index < -0.39 is 0 Å². The number of aryl methyl sites for hydroxylation is 2. The van der Waals surface area contributed by atoms with Crippen molar-refractivity contribution in [2.24, 2.45) is 0 Å². The molecule has 118 valence electrons. The van der Waals surface area contributed by atoms with Gasteiger partial charge >= 0.3 is 6.03 Å². The van der Waals surface area contributed by atoms with Crippen LogP contribution in [0.15, 0.2) is 30.6 Å². The molecular weight excluding hydrogens is 276 g/mol. The number of H-pyrrole nitrogens is 1. The quantitative estimate of drug-likeness (QED) is 0.890. The Kier molecular flexibility index (Phi) is 5.20. The Morgan fingerprint density at radius 3 is 2.77 bits per heavy atom. The smallest absolute Gasteiger partial charge is 0.318 e. The van der Waals surface area contributed by atoms with Crippen molar-refractivity contribution in [3.05, 3.63) is 53.1 Å². The van der Waals surface area contributed by atoms with Gasteiger partial charge < -0.3 is 15.2 Å². The van der Waals surface area contributed by atoms with Crippen LogP contribution >= 0.6 is 0 Å². The molecule has 1 aromatic heterocycles. The van der Waals surface area contributed by atoms with E-state index in [0.717, 1.165) is 12.2 Å². The van der Waals surface area contributed by atoms with E-state index in [4.69, 9.17) is 0 Å². The molecule has 1 aromatic carbocycles. The number of aromatic nitrogens is 2. The first kappa shape index (κ1) is 16.1. The second-order valence-corrected chi connectivity index (χ2v) is 5.66. The van der Waals surface area contributed by atoms with Crippen LogP contribution in [0.1, 0.15) is 41.9 Å². The molecule has 0 aliphatic rings. The highest BCUT2D eigenvalue weighted by Gasteiger charge is 2.17. The van der Waals surface area contributed by atoms with Crippen LogP contribution in [0.4, 0.5) is 4.79 Å². The predicted molar refractivity (Wildman–Crippen MR) is 87.5 cm³/mol. The van der Waals surface area contributed by atoms with Crippen molar-refractivity contribution in [2.45, 2.75) is 39.8 Å². The first-order valence-corrected chi connectivity index (χ1v) is 7.58. The summed E-state index contributed by atoms with van der Waals surface area (Å²) in [5, 5.41) is 3.10. The molecule has 2 aromatic rings. The van der Waals surface area contributed by atoms with Crippen LogP contribution in [-0.4, -0.2) is 27.9 Å². The van der Waals surface area contributed by atoms with Crippen molar-refractivity contribution >= 4 is 6.03 Å². The van der Waals surface area contributed by atoms with Crippen LogP contribution < -0.4 is 5.32 Å². The van der Waals surface area contributed by atoms with Crippen LogP contribution in [0.2, 0.25) is 0 Å². The molecule has 1 atom stereocenters. The summed E-state index contributed by atoms with van der Waals surface area (Å²) in [5.41, 5.74) is 3.62. The highest BCUT2D eigenvalue weighted by Crippen LogP contribution is 2.22. The Morgan fingerprint density at radius 2 is 2.18 bits per heavy atom. The van der Waals surface area contributed by atoms with Crippen molar-refractivity contribution in [1.29, 1.82) is 0 Å². The van der Waals surface area contributed by atoms with E-state index in [9.17, 15) is 4.79 Å². The van der Waals surface area contributed by atoms with E-state index >= 15 is 0 Å². The van der Waals surface area contributed by atoms with Gasteiger partial charge in [-0.2, -0.15) is 0 Å². The van der Waals surface area contributed by atoms with Crippen LogP contribution in [-0.2, 0) is 6.54 Å². The number of carbonyl (C=O) groups excluding carboxylic acids is 1. The third-order valence-corrected chi connectivity index (χ3v) is 3.80. The lowest BCUT2D eigenvalue weighted by atomic mass is 9.97. The SMILES string of the molecule is CC[C@@H](NC(=O)N(C)Cc1ncc[nH]1)c1ccc(C)cc1C. The van der Waals surface area contributed by atoms with E-state index in [1.807, 2.05) is 0 Å². The fourth-order valence-electron chi connectivity index (χ4n) is 2.56. The normalized spacial score (nSPS) is 12.0. The summed E-state index contributed by atoms with van der Waals surface area (Å²) in [5.74, 6) is 0.775. The van der Waals surface area contributed by atoms with Gasteiger partial charge in [-0.1, -0.05) is 30.7 Å². The maximum Gasteiger partial charge on any atom is 0.318 e. The lowest BCUT2D eigenvalue weighted by Gasteiger charge is -2.24. The van der Waals surface area contributed by atoms with E-state index in [1.165, 1.54) is 16.7 Å². The van der Waals surface area contributed by atoms with Crippen LogP contribution in [0, 0.1) is 13.8 Å². The van der Waals surface area contributed by atoms with Crippen molar-refractivity contribution in [1.82, 2.24) is 20.2 Å². The zero-order valence-corrected chi connectivity index (χ0v) is 13.7. The molecule has 0 fully saturated rings. The molecule has 0 unspecified atom stereocenters. The molecule has 22 heavy (non-hydrogen) atoms. The van der Waals surface area contributed by atoms with Crippen LogP contribution in [0.3, 0.4) is 0 Å². The summed E-state index contributed by atoms with van der Waals surface area (Å²) < 4.78 is 0. The first-order valence-electron chi connectivity index (χ1n) is 7.58. The predicted octanol–water partition coefficient (Wildman–Crippen LogP) is 3.32. The molecule has 2 amide bonds. The number of carbonyl (C=O) groups is 1. The maximum absolute atomic E-state index is 12.4. The zero-order chi connectivity index (χ0) is 16.1. The van der Waals surface area contributed by atoms with Crippen molar-refractivity contribution in [3.8, 4) is 0 Å². The van der Waals surface area contributed by atoms with Gasteiger partial charge in [-0.15, -0.1) is 0 Å². The zero-order valence-electron chi connectivity index (χ0n) is 13.7. The molecule has 2 rings (SSSR count). The summed E-state index contributed by atoms with van der Waals surface area (Å²) in [7, 11) is 1.77. The number of aromatic amines is 1. The second kappa shape index (κ2) is 7.11. The van der Waals surface area contributed by atoms with Gasteiger partial charge in [-0.05, 0) is 31.4 Å². The molecule has 2 N–H and O–H groups in total. The number of imidazole rings is 1. The lowest BCUT2D eigenvalue weighted by Crippen LogP contribution is -2.39. The van der Waals surface area contributed by atoms with E-state index in [2.05, 4.69) is 54.3 Å². The van der Waals surface area contributed by atoms with Crippen molar-refractivity contribution < 1.29 is 4.79 Å². The van der Waals surface area contributed by atoms with Crippen LogP contribution in [0.5, 0.6) is 0 Å². The molecule has 0 saturated heterocycles. The summed E-state index contributed by atoms with van der Waals surface area (Å²) in [6.45, 7) is 6.70. The van der Waals surface area contributed by atoms with Crippen LogP contribution in [0.25, 0.3) is 0 Å². The van der Waals surface area contributed by atoms with Gasteiger partial charge in [0.25, 0.3) is 0 Å². The van der Waals surface area contributed by atoms with Crippen molar-refractivity contribution in [3.63, 3.8) is 0 Å². The number of amides is 2. The fraction of sp³-hybridized carbons (Fsp3) is 0.412. The summed E-state index contributed by atoms with van der Waals surface area (Å²) in [6, 6.07) is 6.27. The highest BCUT2D eigenvalue weighted by atomic mass is 16.2. The van der Waals surface area contributed by atoms with Gasteiger partial charge in [0.15, 0.2) is 0 Å². The standard InChI is InChI=1S/C17H24N4O/c1-5-15(14-7-6-12(2)10-13(14)3)20-17(22)21(4)11-16-18-8-9-19-16/h6-10,15H,5,11H2,1-4H3,(H,18,19)(H,20,22)/t15-/m1/s1. The van der Waals surface area contributed by atoms with E-state index in [0.29, 0.717) is 6.54 Å². The third-order valence-electron chi connectivity index (χ3n) is 3.80. The Morgan fingerprint density at radius 1 is 1.41 bits per heavy atom. The molecule has 5 heteroatoms. The van der Waals surface area contributed by atoms with Gasteiger partial charge in [0.2, 0.25) is 0 Å². The monoisotopic (exact) mass is 300 g/mol.